The number of anilines is 2. The Morgan fingerprint density at radius 1 is 0.743 bits per heavy atom. The number of alkyl halides is 6. The van der Waals surface area contributed by atoms with E-state index < -0.39 is 42.3 Å². The van der Waals surface area contributed by atoms with Gasteiger partial charge < -0.3 is 20.7 Å². The zero-order valence-electron chi connectivity index (χ0n) is 17.5. The van der Waals surface area contributed by atoms with Crippen molar-refractivity contribution in [1.29, 1.82) is 0 Å². The van der Waals surface area contributed by atoms with Gasteiger partial charge in [0, 0.05) is 16.8 Å². The van der Waals surface area contributed by atoms with Gasteiger partial charge in [-0.15, -0.1) is 0 Å². The molecule has 0 spiro atoms. The monoisotopic (exact) mass is 492 g/mol. The summed E-state index contributed by atoms with van der Waals surface area (Å²) in [4.78, 5) is 12.4. The average Bonchev–Trinajstić information content (AvgIpc) is 2.77. The first kappa shape index (κ1) is 25.7. The van der Waals surface area contributed by atoms with Crippen LogP contribution in [0.1, 0.15) is 22.3 Å². The van der Waals surface area contributed by atoms with Gasteiger partial charge in [0.25, 0.3) is 0 Å². The van der Waals surface area contributed by atoms with Crippen LogP contribution in [0.15, 0.2) is 66.7 Å². The molecule has 2 amide bonds. The van der Waals surface area contributed by atoms with Crippen LogP contribution in [-0.2, 0) is 12.4 Å². The van der Waals surface area contributed by atoms with Crippen molar-refractivity contribution < 1.29 is 41.2 Å². The molecule has 0 heterocycles. The Hall–Kier alpha value is -3.95. The Bertz CT molecular complexity index is 1260. The zero-order valence-corrected chi connectivity index (χ0v) is 17.5. The Morgan fingerprint density at radius 3 is 1.83 bits per heavy atom. The maximum Gasteiger partial charge on any atom is 0.489 e. The van der Waals surface area contributed by atoms with Gasteiger partial charge in [-0.3, -0.25) is 0 Å². The van der Waals surface area contributed by atoms with Crippen molar-refractivity contribution in [2.45, 2.75) is 12.4 Å². The molecule has 5 nitrogen and oxygen atoms in total. The molecule has 3 aromatic rings. The molecular formula is C23H15BF6N2O3. The molecule has 0 bridgehead atoms. The van der Waals surface area contributed by atoms with Crippen LogP contribution in [0.2, 0.25) is 0 Å². The first-order chi connectivity index (χ1) is 16.3. The third-order valence-corrected chi connectivity index (χ3v) is 4.59. The molecule has 12 heteroatoms. The molecule has 0 fully saturated rings. The minimum absolute atomic E-state index is 0.0465. The van der Waals surface area contributed by atoms with Crippen LogP contribution in [0.4, 0.5) is 42.5 Å². The second-order valence-electron chi connectivity index (χ2n) is 7.13. The maximum atomic E-state index is 13.0. The third kappa shape index (κ3) is 6.78. The van der Waals surface area contributed by atoms with E-state index in [1.165, 1.54) is 30.3 Å². The lowest BCUT2D eigenvalue weighted by Crippen LogP contribution is -2.32. The van der Waals surface area contributed by atoms with Gasteiger partial charge in [-0.1, -0.05) is 42.2 Å². The first-order valence-electron chi connectivity index (χ1n) is 9.78. The van der Waals surface area contributed by atoms with Crippen molar-refractivity contribution >= 4 is 30.0 Å². The summed E-state index contributed by atoms with van der Waals surface area (Å²) in [6.45, 7) is 0. The molecule has 0 radical (unpaired) electrons. The Morgan fingerprint density at radius 2 is 1.26 bits per heavy atom. The molecule has 4 N–H and O–H groups in total. The lowest BCUT2D eigenvalue weighted by molar-refractivity contribution is -0.143. The Kier molecular flexibility index (Phi) is 7.43. The fourth-order valence-corrected chi connectivity index (χ4v) is 2.98. The van der Waals surface area contributed by atoms with E-state index >= 15 is 0 Å². The quantitative estimate of drug-likeness (QED) is 0.248. The number of halogens is 6. The van der Waals surface area contributed by atoms with Crippen molar-refractivity contribution in [3.05, 3.63) is 89.0 Å². The Labute approximate surface area is 195 Å². The molecule has 0 atom stereocenters. The maximum absolute atomic E-state index is 13.0. The molecule has 35 heavy (non-hydrogen) atoms. The number of nitrogens with one attached hydrogen (secondary N) is 2. The molecule has 0 aliphatic rings. The highest BCUT2D eigenvalue weighted by Crippen LogP contribution is 2.37. The fraction of sp³-hybridized carbons (Fsp3) is 0.0870. The summed E-state index contributed by atoms with van der Waals surface area (Å²) in [7, 11) is -1.77. The van der Waals surface area contributed by atoms with Crippen LogP contribution >= 0.6 is 0 Å². The summed E-state index contributed by atoms with van der Waals surface area (Å²) < 4.78 is 78.2. The van der Waals surface area contributed by atoms with Crippen LogP contribution < -0.4 is 16.1 Å². The van der Waals surface area contributed by atoms with Gasteiger partial charge in [-0.2, -0.15) is 26.3 Å². The minimum Gasteiger partial charge on any atom is -0.423 e. The molecule has 180 valence electrons. The highest BCUT2D eigenvalue weighted by atomic mass is 19.4. The predicted molar refractivity (Wildman–Crippen MR) is 118 cm³/mol. The molecule has 3 aromatic carbocycles. The van der Waals surface area contributed by atoms with Crippen LogP contribution in [0.3, 0.4) is 0 Å². The number of carbonyl (C=O) groups is 1. The lowest BCUT2D eigenvalue weighted by atomic mass is 9.77. The molecular weight excluding hydrogens is 477 g/mol. The van der Waals surface area contributed by atoms with E-state index in [0.717, 1.165) is 0 Å². The van der Waals surface area contributed by atoms with Gasteiger partial charge in [0.05, 0.1) is 16.8 Å². The Balaban J connectivity index is 1.86. The van der Waals surface area contributed by atoms with Gasteiger partial charge in [-0.25, -0.2) is 4.79 Å². The topological polar surface area (TPSA) is 81.6 Å². The number of amides is 2. The molecule has 3 rings (SSSR count). The largest absolute Gasteiger partial charge is 0.489 e. The second kappa shape index (κ2) is 10.1. The third-order valence-electron chi connectivity index (χ3n) is 4.59. The van der Waals surface area contributed by atoms with Gasteiger partial charge in [-0.05, 0) is 41.9 Å². The molecule has 0 aromatic heterocycles. The summed E-state index contributed by atoms with van der Waals surface area (Å²) in [5.41, 5.74) is -3.04. The van der Waals surface area contributed by atoms with E-state index in [2.05, 4.69) is 17.2 Å². The van der Waals surface area contributed by atoms with E-state index in [1.54, 1.807) is 18.2 Å². The first-order valence-corrected chi connectivity index (χ1v) is 9.78. The summed E-state index contributed by atoms with van der Waals surface area (Å²) in [6, 6.07) is 11.9. The van der Waals surface area contributed by atoms with Crippen molar-refractivity contribution in [3.8, 4) is 11.8 Å². The highest BCUT2D eigenvalue weighted by Gasteiger charge is 2.37. The number of carbonyl (C=O) groups excluding carboxylic acids is 1. The summed E-state index contributed by atoms with van der Waals surface area (Å²) in [5, 5.41) is 23.2. The zero-order chi connectivity index (χ0) is 25.8. The van der Waals surface area contributed by atoms with E-state index in [1.807, 2.05) is 5.32 Å². The molecule has 0 saturated heterocycles. The van der Waals surface area contributed by atoms with Crippen LogP contribution in [0, 0.1) is 11.8 Å². The number of para-hydroxylation sites is 1. The molecule has 0 aliphatic carbocycles. The SMILES string of the molecule is O=C(Nc1cc(C(F)(F)F)cc(C(F)(F)F)c1)Nc1ccccc1C#Cc1ccccc1B(O)O. The average molecular weight is 492 g/mol. The normalized spacial score (nSPS) is 11.3. The highest BCUT2D eigenvalue weighted by molar-refractivity contribution is 6.59. The summed E-state index contributed by atoms with van der Waals surface area (Å²) in [5.74, 6) is 5.47. The number of urea groups is 1. The second-order valence-corrected chi connectivity index (χ2v) is 7.13. The van der Waals surface area contributed by atoms with E-state index in [9.17, 15) is 41.2 Å². The standard InChI is InChI=1S/C23H15BF6N2O3/c25-22(26,27)16-11-17(23(28,29)30)13-18(12-16)31-21(33)32-20-8-4-2-6-15(20)10-9-14-5-1-3-7-19(14)24(34)35/h1-8,11-13,34-35H,(H2,31,32,33). The number of benzene rings is 3. The lowest BCUT2D eigenvalue weighted by Gasteiger charge is -2.15. The van der Waals surface area contributed by atoms with Crippen LogP contribution in [0.25, 0.3) is 0 Å². The van der Waals surface area contributed by atoms with Crippen molar-refractivity contribution in [3.63, 3.8) is 0 Å². The van der Waals surface area contributed by atoms with Gasteiger partial charge in [0.15, 0.2) is 0 Å². The van der Waals surface area contributed by atoms with Crippen molar-refractivity contribution in [1.82, 2.24) is 0 Å². The minimum atomic E-state index is -5.06. The van der Waals surface area contributed by atoms with Crippen LogP contribution in [-0.4, -0.2) is 23.2 Å². The molecule has 0 aliphatic heterocycles. The number of rotatable bonds is 3. The van der Waals surface area contributed by atoms with Crippen LogP contribution in [0.5, 0.6) is 0 Å². The fourth-order valence-electron chi connectivity index (χ4n) is 2.98. The van der Waals surface area contributed by atoms with Crippen molar-refractivity contribution in [2.24, 2.45) is 0 Å². The number of hydrogen-bond acceptors (Lipinski definition) is 3. The van der Waals surface area contributed by atoms with Crippen molar-refractivity contribution in [2.75, 3.05) is 10.6 Å². The van der Waals surface area contributed by atoms with E-state index in [-0.39, 0.29) is 22.8 Å². The van der Waals surface area contributed by atoms with Gasteiger partial charge in [0.2, 0.25) is 0 Å². The predicted octanol–water partition coefficient (Wildman–Crippen LogP) is 4.45. The van der Waals surface area contributed by atoms with Gasteiger partial charge in [0.1, 0.15) is 0 Å². The molecule has 0 saturated carbocycles. The van der Waals surface area contributed by atoms with E-state index in [0.29, 0.717) is 17.7 Å². The smallest absolute Gasteiger partial charge is 0.423 e. The number of hydrogen-bond donors (Lipinski definition) is 4. The van der Waals surface area contributed by atoms with E-state index in [4.69, 9.17) is 0 Å². The summed E-state index contributed by atoms with van der Waals surface area (Å²) >= 11 is 0. The molecule has 0 unspecified atom stereocenters. The summed E-state index contributed by atoms with van der Waals surface area (Å²) in [6.07, 6.45) is -10.1. The van der Waals surface area contributed by atoms with Gasteiger partial charge >= 0.3 is 25.5 Å².